The first kappa shape index (κ1) is 22.9. The number of carbonyl (C=O) groups excluding carboxylic acids is 1. The molecule has 1 amide bonds. The number of carbonyl (C=O) groups is 1. The van der Waals surface area contributed by atoms with Gasteiger partial charge in [0.1, 0.15) is 0 Å². The van der Waals surface area contributed by atoms with Crippen molar-refractivity contribution in [3.8, 4) is 11.5 Å². The number of ether oxygens (including phenoxy) is 2. The highest BCUT2D eigenvalue weighted by Crippen LogP contribution is 2.38. The summed E-state index contributed by atoms with van der Waals surface area (Å²) in [6.07, 6.45) is 1.31. The van der Waals surface area contributed by atoms with E-state index >= 15 is 0 Å². The second kappa shape index (κ2) is 10.5. The van der Waals surface area contributed by atoms with Crippen molar-refractivity contribution in [1.82, 2.24) is 10.2 Å². The lowest BCUT2D eigenvalue weighted by atomic mass is 9.91. The monoisotopic (exact) mass is 444 g/mol. The molecule has 0 fully saturated rings. The molecule has 4 rings (SSSR count). The standard InChI is InChI=1S/C28H32N2O3/c1-20-9-11-22(12-10-20)19-30-14-13-23-16-26(32-2)27(33-3)17-24(23)25(30)18-29-28(31)15-21-7-5-4-6-8-21/h4-12,16-17,25H,13-15,18-19H2,1-3H3,(H,29,31)/t25-/m0/s1. The number of methoxy groups -OCH3 is 2. The molecule has 172 valence electrons. The van der Waals surface area contributed by atoms with Crippen LogP contribution in [0, 0.1) is 6.92 Å². The molecule has 0 spiro atoms. The average molecular weight is 445 g/mol. The van der Waals surface area contributed by atoms with Crippen LogP contribution in [0.3, 0.4) is 0 Å². The molecule has 1 heterocycles. The second-order valence-electron chi connectivity index (χ2n) is 8.59. The van der Waals surface area contributed by atoms with E-state index in [1.165, 1.54) is 22.3 Å². The third-order valence-electron chi connectivity index (χ3n) is 6.32. The van der Waals surface area contributed by atoms with Gasteiger partial charge in [-0.2, -0.15) is 0 Å². The molecule has 3 aromatic carbocycles. The molecule has 5 heteroatoms. The average Bonchev–Trinajstić information content (AvgIpc) is 2.84. The minimum absolute atomic E-state index is 0.0316. The molecular formula is C28H32N2O3. The summed E-state index contributed by atoms with van der Waals surface area (Å²) in [6.45, 7) is 4.38. The van der Waals surface area contributed by atoms with Crippen molar-refractivity contribution < 1.29 is 14.3 Å². The summed E-state index contributed by atoms with van der Waals surface area (Å²) in [5.41, 5.74) is 5.97. The van der Waals surface area contributed by atoms with Crippen LogP contribution >= 0.6 is 0 Å². The minimum Gasteiger partial charge on any atom is -0.493 e. The molecule has 5 nitrogen and oxygen atoms in total. The Bertz CT molecular complexity index is 1080. The Morgan fingerprint density at radius 1 is 0.970 bits per heavy atom. The van der Waals surface area contributed by atoms with E-state index in [2.05, 4.69) is 53.5 Å². The Kier molecular flexibility index (Phi) is 7.30. The maximum Gasteiger partial charge on any atom is 0.224 e. The molecule has 1 aliphatic heterocycles. The number of hydrogen-bond acceptors (Lipinski definition) is 4. The quantitative estimate of drug-likeness (QED) is 0.557. The fourth-order valence-corrected chi connectivity index (χ4v) is 4.49. The predicted molar refractivity (Wildman–Crippen MR) is 131 cm³/mol. The number of rotatable bonds is 8. The first-order valence-electron chi connectivity index (χ1n) is 11.4. The fourth-order valence-electron chi connectivity index (χ4n) is 4.49. The van der Waals surface area contributed by atoms with Crippen LogP contribution in [0.25, 0.3) is 0 Å². The summed E-state index contributed by atoms with van der Waals surface area (Å²) in [4.78, 5) is 15.2. The maximum absolute atomic E-state index is 12.7. The number of nitrogens with zero attached hydrogens (tertiary/aromatic N) is 1. The van der Waals surface area contributed by atoms with Gasteiger partial charge in [0, 0.05) is 19.6 Å². The number of nitrogens with one attached hydrogen (secondary N) is 1. The van der Waals surface area contributed by atoms with Gasteiger partial charge in [0.15, 0.2) is 11.5 Å². The van der Waals surface area contributed by atoms with Crippen LogP contribution in [-0.2, 0) is 24.2 Å². The highest BCUT2D eigenvalue weighted by atomic mass is 16.5. The number of amides is 1. The van der Waals surface area contributed by atoms with E-state index in [-0.39, 0.29) is 11.9 Å². The molecule has 1 aliphatic rings. The molecular weight excluding hydrogens is 412 g/mol. The fraction of sp³-hybridized carbons (Fsp3) is 0.321. The summed E-state index contributed by atoms with van der Waals surface area (Å²) >= 11 is 0. The van der Waals surface area contributed by atoms with Crippen LogP contribution in [0.2, 0.25) is 0 Å². The molecule has 1 N–H and O–H groups in total. The highest BCUT2D eigenvalue weighted by Gasteiger charge is 2.29. The number of hydrogen-bond donors (Lipinski definition) is 1. The van der Waals surface area contributed by atoms with Gasteiger partial charge in [-0.15, -0.1) is 0 Å². The Balaban J connectivity index is 1.57. The van der Waals surface area contributed by atoms with Crippen molar-refractivity contribution in [1.29, 1.82) is 0 Å². The molecule has 33 heavy (non-hydrogen) atoms. The first-order valence-corrected chi connectivity index (χ1v) is 11.4. The molecule has 0 saturated carbocycles. The van der Waals surface area contributed by atoms with Gasteiger partial charge < -0.3 is 14.8 Å². The smallest absolute Gasteiger partial charge is 0.224 e. The van der Waals surface area contributed by atoms with Crippen LogP contribution in [-0.4, -0.2) is 38.1 Å². The van der Waals surface area contributed by atoms with Crippen molar-refractivity contribution in [2.75, 3.05) is 27.3 Å². The summed E-state index contributed by atoms with van der Waals surface area (Å²) in [5, 5.41) is 3.18. The molecule has 0 radical (unpaired) electrons. The Hall–Kier alpha value is -3.31. The Morgan fingerprint density at radius 3 is 2.36 bits per heavy atom. The van der Waals surface area contributed by atoms with Crippen LogP contribution in [0.4, 0.5) is 0 Å². The third-order valence-corrected chi connectivity index (χ3v) is 6.32. The Labute approximate surface area is 196 Å². The first-order chi connectivity index (χ1) is 16.1. The van der Waals surface area contributed by atoms with Gasteiger partial charge in [-0.05, 0) is 47.7 Å². The molecule has 3 aromatic rings. The van der Waals surface area contributed by atoms with E-state index < -0.39 is 0 Å². The molecule has 0 aromatic heterocycles. The summed E-state index contributed by atoms with van der Waals surface area (Å²) in [6, 6.07) is 22.7. The van der Waals surface area contributed by atoms with Crippen molar-refractivity contribution in [3.63, 3.8) is 0 Å². The van der Waals surface area contributed by atoms with E-state index in [0.717, 1.165) is 30.8 Å². The number of fused-ring (bicyclic) bond motifs is 1. The van der Waals surface area contributed by atoms with Crippen LogP contribution in [0.15, 0.2) is 66.7 Å². The van der Waals surface area contributed by atoms with Gasteiger partial charge in [0.05, 0.1) is 26.7 Å². The molecule has 0 aliphatic carbocycles. The zero-order valence-corrected chi connectivity index (χ0v) is 19.6. The SMILES string of the molecule is COc1cc2c(cc1OC)[C@H](CNC(=O)Cc1ccccc1)N(Cc1ccc(C)cc1)CC2. The van der Waals surface area contributed by atoms with E-state index in [1.807, 2.05) is 30.3 Å². The molecule has 0 bridgehead atoms. The largest absolute Gasteiger partial charge is 0.493 e. The summed E-state index contributed by atoms with van der Waals surface area (Å²) in [5.74, 6) is 1.49. The van der Waals surface area contributed by atoms with Crippen LogP contribution in [0.1, 0.15) is 33.9 Å². The van der Waals surface area contributed by atoms with Crippen molar-refractivity contribution in [2.45, 2.75) is 32.4 Å². The minimum atomic E-state index is 0.0316. The lowest BCUT2D eigenvalue weighted by molar-refractivity contribution is -0.120. The summed E-state index contributed by atoms with van der Waals surface area (Å²) < 4.78 is 11.1. The van der Waals surface area contributed by atoms with Crippen LogP contribution < -0.4 is 14.8 Å². The lowest BCUT2D eigenvalue weighted by Crippen LogP contribution is -2.42. The van der Waals surface area contributed by atoms with Gasteiger partial charge >= 0.3 is 0 Å². The number of benzene rings is 3. The zero-order valence-electron chi connectivity index (χ0n) is 19.6. The zero-order chi connectivity index (χ0) is 23.2. The predicted octanol–water partition coefficient (Wildman–Crippen LogP) is 4.47. The van der Waals surface area contributed by atoms with Gasteiger partial charge in [-0.25, -0.2) is 0 Å². The summed E-state index contributed by atoms with van der Waals surface area (Å²) in [7, 11) is 3.33. The van der Waals surface area contributed by atoms with Crippen molar-refractivity contribution in [3.05, 3.63) is 94.5 Å². The van der Waals surface area contributed by atoms with Crippen molar-refractivity contribution in [2.24, 2.45) is 0 Å². The molecule has 0 unspecified atom stereocenters. The third kappa shape index (κ3) is 5.55. The topological polar surface area (TPSA) is 50.8 Å². The van der Waals surface area contributed by atoms with Crippen molar-refractivity contribution >= 4 is 5.91 Å². The van der Waals surface area contributed by atoms with E-state index in [1.54, 1.807) is 14.2 Å². The van der Waals surface area contributed by atoms with E-state index in [9.17, 15) is 4.79 Å². The Morgan fingerprint density at radius 2 is 1.67 bits per heavy atom. The van der Waals surface area contributed by atoms with Crippen LogP contribution in [0.5, 0.6) is 11.5 Å². The van der Waals surface area contributed by atoms with Gasteiger partial charge in [0.25, 0.3) is 0 Å². The van der Waals surface area contributed by atoms with E-state index in [0.29, 0.717) is 18.7 Å². The van der Waals surface area contributed by atoms with Gasteiger partial charge in [0.2, 0.25) is 5.91 Å². The van der Waals surface area contributed by atoms with Gasteiger partial charge in [-0.1, -0.05) is 60.2 Å². The highest BCUT2D eigenvalue weighted by molar-refractivity contribution is 5.78. The maximum atomic E-state index is 12.7. The lowest BCUT2D eigenvalue weighted by Gasteiger charge is -2.38. The van der Waals surface area contributed by atoms with E-state index in [4.69, 9.17) is 9.47 Å². The number of aryl methyl sites for hydroxylation is 1. The second-order valence-corrected chi connectivity index (χ2v) is 8.59. The molecule has 0 saturated heterocycles. The molecule has 1 atom stereocenters. The van der Waals surface area contributed by atoms with Gasteiger partial charge in [-0.3, -0.25) is 9.69 Å². The normalized spacial score (nSPS) is 15.5.